The van der Waals surface area contributed by atoms with Crippen LogP contribution in [0.3, 0.4) is 0 Å². The summed E-state index contributed by atoms with van der Waals surface area (Å²) >= 11 is 1.37. The highest BCUT2D eigenvalue weighted by Gasteiger charge is 2.20. The van der Waals surface area contributed by atoms with Crippen molar-refractivity contribution >= 4 is 34.0 Å². The van der Waals surface area contributed by atoms with Crippen LogP contribution in [0, 0.1) is 6.92 Å². The van der Waals surface area contributed by atoms with Crippen LogP contribution in [-0.2, 0) is 0 Å². The molecular weight excluding hydrogens is 412 g/mol. The summed E-state index contributed by atoms with van der Waals surface area (Å²) in [6.45, 7) is 6.08. The number of anilines is 1. The predicted octanol–water partition coefficient (Wildman–Crippen LogP) is 5.32. The zero-order valence-corrected chi connectivity index (χ0v) is 18.9. The third-order valence-electron chi connectivity index (χ3n) is 4.99. The van der Waals surface area contributed by atoms with Gasteiger partial charge in [-0.3, -0.25) is 4.79 Å². The Labute approximate surface area is 184 Å². The van der Waals surface area contributed by atoms with Gasteiger partial charge in [-0.1, -0.05) is 0 Å². The highest BCUT2D eigenvalue weighted by Crippen LogP contribution is 2.35. The van der Waals surface area contributed by atoms with Gasteiger partial charge in [0.05, 0.1) is 19.9 Å². The van der Waals surface area contributed by atoms with Crippen LogP contribution in [0.15, 0.2) is 42.7 Å². The minimum atomic E-state index is -0.220. The highest BCUT2D eigenvalue weighted by atomic mass is 32.1. The molecule has 160 valence electrons. The van der Waals surface area contributed by atoms with E-state index in [2.05, 4.69) is 34.9 Å². The second kappa shape index (κ2) is 8.39. The lowest BCUT2D eigenvalue weighted by molar-refractivity contribution is 0.103. The summed E-state index contributed by atoms with van der Waals surface area (Å²) in [6, 6.07) is 9.47. The number of carbonyl (C=O) groups excluding carboxylic acids is 1. The van der Waals surface area contributed by atoms with E-state index in [4.69, 9.17) is 14.5 Å². The molecule has 0 aliphatic carbocycles. The van der Waals surface area contributed by atoms with Gasteiger partial charge in [-0.2, -0.15) is 0 Å². The number of amides is 1. The molecule has 0 aliphatic heterocycles. The zero-order valence-electron chi connectivity index (χ0n) is 18.1. The maximum absolute atomic E-state index is 13.0. The van der Waals surface area contributed by atoms with Gasteiger partial charge < -0.3 is 19.4 Å². The normalized spacial score (nSPS) is 11.2. The van der Waals surface area contributed by atoms with Crippen molar-refractivity contribution in [3.8, 4) is 22.1 Å². The summed E-state index contributed by atoms with van der Waals surface area (Å²) in [6.07, 6.45) is 3.86. The molecule has 4 rings (SSSR count). The summed E-state index contributed by atoms with van der Waals surface area (Å²) in [5.41, 5.74) is 3.17. The number of thiazole rings is 1. The number of carbonyl (C=O) groups is 1. The van der Waals surface area contributed by atoms with Crippen molar-refractivity contribution in [2.45, 2.75) is 26.8 Å². The molecule has 1 amide bonds. The van der Waals surface area contributed by atoms with Crippen LogP contribution in [-0.4, -0.2) is 34.7 Å². The first kappa shape index (κ1) is 20.9. The minimum absolute atomic E-state index is 0.220. The van der Waals surface area contributed by atoms with Crippen LogP contribution < -0.4 is 14.8 Å². The molecule has 0 spiro atoms. The Bertz CT molecular complexity index is 1240. The number of nitrogens with one attached hydrogen (secondary N) is 1. The molecule has 1 N–H and O–H groups in total. The topological polar surface area (TPSA) is 78.3 Å². The van der Waals surface area contributed by atoms with E-state index in [1.54, 1.807) is 38.6 Å². The number of fused-ring (bicyclic) bond motifs is 1. The molecule has 0 radical (unpaired) electrons. The van der Waals surface area contributed by atoms with Gasteiger partial charge in [0.2, 0.25) is 0 Å². The molecule has 3 aromatic heterocycles. The number of hydrogen-bond donors (Lipinski definition) is 1. The monoisotopic (exact) mass is 436 g/mol. The second-order valence-corrected chi connectivity index (χ2v) is 8.41. The van der Waals surface area contributed by atoms with Crippen LogP contribution in [0.5, 0.6) is 11.5 Å². The Morgan fingerprint density at radius 2 is 1.87 bits per heavy atom. The Balaban J connectivity index is 1.69. The molecule has 31 heavy (non-hydrogen) atoms. The molecule has 0 bridgehead atoms. The Hall–Kier alpha value is -3.39. The van der Waals surface area contributed by atoms with Gasteiger partial charge in [-0.05, 0) is 32.9 Å². The zero-order chi connectivity index (χ0) is 22.1. The van der Waals surface area contributed by atoms with Crippen LogP contribution >= 0.6 is 11.3 Å². The fourth-order valence-corrected chi connectivity index (χ4v) is 4.42. The van der Waals surface area contributed by atoms with Gasteiger partial charge in [-0.15, -0.1) is 11.3 Å². The summed E-state index contributed by atoms with van der Waals surface area (Å²) in [4.78, 5) is 22.8. The van der Waals surface area contributed by atoms with Gasteiger partial charge in [0.15, 0.2) is 0 Å². The fourth-order valence-electron chi connectivity index (χ4n) is 3.44. The van der Waals surface area contributed by atoms with Crippen LogP contribution in [0.1, 0.15) is 35.3 Å². The maximum Gasteiger partial charge on any atom is 0.267 e. The maximum atomic E-state index is 13.0. The summed E-state index contributed by atoms with van der Waals surface area (Å²) in [5, 5.41) is 4.75. The first-order valence-electron chi connectivity index (χ1n) is 9.89. The van der Waals surface area contributed by atoms with Crippen molar-refractivity contribution in [3.63, 3.8) is 0 Å². The third kappa shape index (κ3) is 3.98. The number of rotatable bonds is 6. The summed E-state index contributed by atoms with van der Waals surface area (Å²) in [5.74, 6) is 0.984. The molecule has 0 fully saturated rings. The number of pyridine rings is 1. The van der Waals surface area contributed by atoms with Gasteiger partial charge in [0.25, 0.3) is 5.91 Å². The molecule has 1 aromatic carbocycles. The second-order valence-electron chi connectivity index (χ2n) is 7.41. The lowest BCUT2D eigenvalue weighted by Crippen LogP contribution is -2.11. The number of nitrogens with zero attached hydrogens (tertiary/aromatic N) is 3. The predicted molar refractivity (Wildman–Crippen MR) is 123 cm³/mol. The van der Waals surface area contributed by atoms with E-state index in [0.29, 0.717) is 27.8 Å². The van der Waals surface area contributed by atoms with Gasteiger partial charge in [0.1, 0.15) is 27.0 Å². The van der Waals surface area contributed by atoms with E-state index in [0.717, 1.165) is 21.6 Å². The van der Waals surface area contributed by atoms with Gasteiger partial charge in [-0.25, -0.2) is 9.97 Å². The Morgan fingerprint density at radius 1 is 1.16 bits per heavy atom. The van der Waals surface area contributed by atoms with Crippen molar-refractivity contribution in [2.24, 2.45) is 0 Å². The first-order valence-corrected chi connectivity index (χ1v) is 10.7. The minimum Gasteiger partial charge on any atom is -0.497 e. The summed E-state index contributed by atoms with van der Waals surface area (Å²) < 4.78 is 12.7. The average Bonchev–Trinajstić information content (AvgIpc) is 3.34. The van der Waals surface area contributed by atoms with E-state index in [-0.39, 0.29) is 11.9 Å². The first-order chi connectivity index (χ1) is 14.9. The van der Waals surface area contributed by atoms with E-state index >= 15 is 0 Å². The summed E-state index contributed by atoms with van der Waals surface area (Å²) in [7, 11) is 3.14. The smallest absolute Gasteiger partial charge is 0.267 e. The largest absolute Gasteiger partial charge is 0.497 e. The number of ether oxygens (including phenoxy) is 2. The number of aromatic nitrogens is 3. The van der Waals surface area contributed by atoms with E-state index < -0.39 is 0 Å². The van der Waals surface area contributed by atoms with E-state index in [1.807, 2.05) is 19.1 Å². The van der Waals surface area contributed by atoms with Crippen molar-refractivity contribution < 1.29 is 14.3 Å². The van der Waals surface area contributed by atoms with Crippen molar-refractivity contribution in [1.29, 1.82) is 0 Å². The van der Waals surface area contributed by atoms with Crippen molar-refractivity contribution in [1.82, 2.24) is 14.5 Å². The lowest BCUT2D eigenvalue weighted by atomic mass is 10.2. The average molecular weight is 437 g/mol. The van der Waals surface area contributed by atoms with Crippen molar-refractivity contribution in [2.75, 3.05) is 19.5 Å². The fraction of sp³-hybridized carbons (Fsp3) is 0.261. The van der Waals surface area contributed by atoms with Crippen molar-refractivity contribution in [3.05, 3.63) is 53.3 Å². The molecule has 8 heteroatoms. The molecule has 7 nitrogen and oxygen atoms in total. The van der Waals surface area contributed by atoms with Crippen LogP contribution in [0.4, 0.5) is 5.69 Å². The Kier molecular flexibility index (Phi) is 5.65. The standard InChI is InChI=1S/C23H24N4O3S/c1-13(2)27-12-19(18-7-6-8-24-21(18)27)23-25-14(3)20(31-23)22(28)26-15-9-16(29-4)11-17(10-15)30-5/h6-13H,1-5H3,(H,26,28). The number of benzene rings is 1. The number of aryl methyl sites for hydroxylation is 1. The molecule has 3 heterocycles. The molecule has 0 aliphatic rings. The van der Waals surface area contributed by atoms with Gasteiger partial charge >= 0.3 is 0 Å². The number of hydrogen-bond acceptors (Lipinski definition) is 6. The molecule has 0 unspecified atom stereocenters. The molecular formula is C23H24N4O3S. The van der Waals surface area contributed by atoms with E-state index in [9.17, 15) is 4.79 Å². The van der Waals surface area contributed by atoms with E-state index in [1.165, 1.54) is 11.3 Å². The third-order valence-corrected chi connectivity index (χ3v) is 6.18. The molecule has 0 saturated heterocycles. The molecule has 4 aromatic rings. The SMILES string of the molecule is COc1cc(NC(=O)c2sc(-c3cn(C(C)C)c4ncccc34)nc2C)cc(OC)c1. The molecule has 0 atom stereocenters. The lowest BCUT2D eigenvalue weighted by Gasteiger charge is -2.09. The Morgan fingerprint density at radius 3 is 2.52 bits per heavy atom. The highest BCUT2D eigenvalue weighted by molar-refractivity contribution is 7.17. The molecule has 0 saturated carbocycles. The van der Waals surface area contributed by atoms with Gasteiger partial charge in [0, 0.05) is 53.3 Å². The quantitative estimate of drug-likeness (QED) is 0.443. The van der Waals surface area contributed by atoms with Crippen LogP contribution in [0.25, 0.3) is 21.6 Å². The van der Waals surface area contributed by atoms with Crippen LogP contribution in [0.2, 0.25) is 0 Å². The number of methoxy groups -OCH3 is 2.